The van der Waals surface area contributed by atoms with Gasteiger partial charge in [-0.25, -0.2) is 8.42 Å². The van der Waals surface area contributed by atoms with E-state index >= 15 is 0 Å². The van der Waals surface area contributed by atoms with E-state index in [0.29, 0.717) is 16.5 Å². The molecule has 6 heteroatoms. The highest BCUT2D eigenvalue weighted by molar-refractivity contribution is 7.92. The third-order valence-corrected chi connectivity index (χ3v) is 3.82. The number of hydrogen-bond acceptors (Lipinski definition) is 3. The van der Waals surface area contributed by atoms with Crippen LogP contribution < -0.4 is 9.46 Å². The Kier molecular flexibility index (Phi) is 4.04. The SMILES string of the molecule is CCS(=O)(=O)Nc1cc(Cl)c(C)cc1OC. The molecule has 16 heavy (non-hydrogen) atoms. The minimum absolute atomic E-state index is 0.00164. The number of halogens is 1. The maximum absolute atomic E-state index is 11.4. The summed E-state index contributed by atoms with van der Waals surface area (Å²) in [5.74, 6) is 0.459. The number of methoxy groups -OCH3 is 1. The molecule has 0 aliphatic carbocycles. The van der Waals surface area contributed by atoms with Crippen LogP contribution in [-0.4, -0.2) is 21.3 Å². The molecule has 0 aliphatic heterocycles. The summed E-state index contributed by atoms with van der Waals surface area (Å²) < 4.78 is 30.4. The average molecular weight is 264 g/mol. The first-order chi connectivity index (χ1) is 7.39. The Morgan fingerprint density at radius 1 is 1.44 bits per heavy atom. The van der Waals surface area contributed by atoms with Gasteiger partial charge in [-0.05, 0) is 31.5 Å². The van der Waals surface area contributed by atoms with Gasteiger partial charge in [0.05, 0.1) is 18.6 Å². The maximum atomic E-state index is 11.4. The largest absolute Gasteiger partial charge is 0.495 e. The molecule has 1 aromatic rings. The zero-order valence-corrected chi connectivity index (χ0v) is 10.9. The van der Waals surface area contributed by atoms with Crippen molar-refractivity contribution in [1.29, 1.82) is 0 Å². The fourth-order valence-electron chi connectivity index (χ4n) is 1.14. The zero-order chi connectivity index (χ0) is 12.3. The van der Waals surface area contributed by atoms with Crippen LogP contribution in [0.2, 0.25) is 5.02 Å². The topological polar surface area (TPSA) is 55.4 Å². The number of rotatable bonds is 4. The first-order valence-corrected chi connectivity index (χ1v) is 6.77. The highest BCUT2D eigenvalue weighted by Crippen LogP contribution is 2.31. The molecular weight excluding hydrogens is 250 g/mol. The molecule has 0 aromatic heterocycles. The zero-order valence-electron chi connectivity index (χ0n) is 9.37. The molecule has 0 saturated heterocycles. The normalized spacial score (nSPS) is 11.2. The van der Waals surface area contributed by atoms with Crippen molar-refractivity contribution in [1.82, 2.24) is 0 Å². The Bertz CT molecular complexity index is 485. The van der Waals surface area contributed by atoms with Crippen LogP contribution in [0.4, 0.5) is 5.69 Å². The van der Waals surface area contributed by atoms with E-state index in [4.69, 9.17) is 16.3 Å². The third-order valence-electron chi connectivity index (χ3n) is 2.13. The van der Waals surface area contributed by atoms with Crippen molar-refractivity contribution >= 4 is 27.3 Å². The number of ether oxygens (including phenoxy) is 1. The molecule has 0 saturated carbocycles. The van der Waals surface area contributed by atoms with Gasteiger partial charge in [-0.3, -0.25) is 4.72 Å². The van der Waals surface area contributed by atoms with Crippen molar-refractivity contribution in [2.45, 2.75) is 13.8 Å². The van der Waals surface area contributed by atoms with Crippen molar-refractivity contribution in [2.24, 2.45) is 0 Å². The Hall–Kier alpha value is -0.940. The maximum Gasteiger partial charge on any atom is 0.232 e. The number of sulfonamides is 1. The quantitative estimate of drug-likeness (QED) is 0.908. The van der Waals surface area contributed by atoms with Gasteiger partial charge in [0.25, 0.3) is 0 Å². The van der Waals surface area contributed by atoms with Crippen LogP contribution in [0.3, 0.4) is 0 Å². The van der Waals surface area contributed by atoms with Crippen molar-refractivity contribution in [3.8, 4) is 5.75 Å². The summed E-state index contributed by atoms with van der Waals surface area (Å²) >= 11 is 5.92. The minimum Gasteiger partial charge on any atom is -0.495 e. The summed E-state index contributed by atoms with van der Waals surface area (Å²) in [5.41, 5.74) is 1.19. The van der Waals surface area contributed by atoms with E-state index in [1.54, 1.807) is 19.1 Å². The van der Waals surface area contributed by atoms with E-state index in [9.17, 15) is 8.42 Å². The molecule has 0 atom stereocenters. The summed E-state index contributed by atoms with van der Waals surface area (Å²) in [6.45, 7) is 3.38. The van der Waals surface area contributed by atoms with Crippen LogP contribution in [0.1, 0.15) is 12.5 Å². The summed E-state index contributed by atoms with van der Waals surface area (Å²) in [5, 5.41) is 0.495. The van der Waals surface area contributed by atoms with Crippen LogP contribution in [-0.2, 0) is 10.0 Å². The van der Waals surface area contributed by atoms with Gasteiger partial charge in [-0.1, -0.05) is 11.6 Å². The standard InChI is InChI=1S/C10H14ClNO3S/c1-4-16(13,14)12-9-6-8(11)7(2)5-10(9)15-3/h5-6,12H,4H2,1-3H3. The molecule has 1 aromatic carbocycles. The van der Waals surface area contributed by atoms with Crippen LogP contribution in [0, 0.1) is 6.92 Å². The minimum atomic E-state index is -3.32. The lowest BCUT2D eigenvalue weighted by atomic mass is 10.2. The molecule has 0 aliphatic rings. The number of benzene rings is 1. The molecule has 4 nitrogen and oxygen atoms in total. The van der Waals surface area contributed by atoms with Crippen molar-refractivity contribution < 1.29 is 13.2 Å². The number of nitrogens with one attached hydrogen (secondary N) is 1. The van der Waals surface area contributed by atoms with Gasteiger partial charge < -0.3 is 4.74 Å². The lowest BCUT2D eigenvalue weighted by Crippen LogP contribution is -2.15. The van der Waals surface area contributed by atoms with E-state index in [2.05, 4.69) is 4.72 Å². The summed E-state index contributed by atoms with van der Waals surface area (Å²) in [6, 6.07) is 3.23. The summed E-state index contributed by atoms with van der Waals surface area (Å²) in [4.78, 5) is 0. The molecule has 0 fully saturated rings. The fourth-order valence-corrected chi connectivity index (χ4v) is 1.95. The van der Waals surface area contributed by atoms with Gasteiger partial charge in [0.2, 0.25) is 10.0 Å². The van der Waals surface area contributed by atoms with Crippen molar-refractivity contribution in [2.75, 3.05) is 17.6 Å². The number of hydrogen-bond donors (Lipinski definition) is 1. The lowest BCUT2D eigenvalue weighted by Gasteiger charge is -2.12. The molecule has 1 N–H and O–H groups in total. The molecule has 0 amide bonds. The fraction of sp³-hybridized carbons (Fsp3) is 0.400. The van der Waals surface area contributed by atoms with E-state index < -0.39 is 10.0 Å². The highest BCUT2D eigenvalue weighted by atomic mass is 35.5. The average Bonchev–Trinajstić information content (AvgIpc) is 2.22. The Balaban J connectivity index is 3.18. The monoisotopic (exact) mass is 263 g/mol. The predicted molar refractivity (Wildman–Crippen MR) is 65.8 cm³/mol. The van der Waals surface area contributed by atoms with Gasteiger partial charge in [0, 0.05) is 5.02 Å². The smallest absolute Gasteiger partial charge is 0.232 e. The van der Waals surface area contributed by atoms with Crippen LogP contribution in [0.5, 0.6) is 5.75 Å². The van der Waals surface area contributed by atoms with Gasteiger partial charge in [0.15, 0.2) is 0 Å². The van der Waals surface area contributed by atoms with Crippen molar-refractivity contribution in [3.63, 3.8) is 0 Å². The molecule has 0 heterocycles. The van der Waals surface area contributed by atoms with Crippen LogP contribution in [0.15, 0.2) is 12.1 Å². The highest BCUT2D eigenvalue weighted by Gasteiger charge is 2.12. The third kappa shape index (κ3) is 3.02. The molecule has 1 rings (SSSR count). The molecule has 90 valence electrons. The van der Waals surface area contributed by atoms with E-state index in [1.807, 2.05) is 6.92 Å². The summed E-state index contributed by atoms with van der Waals surface area (Å²) in [7, 11) is -1.84. The molecular formula is C10H14ClNO3S. The Labute approximate surface area is 101 Å². The Morgan fingerprint density at radius 3 is 2.56 bits per heavy atom. The second-order valence-electron chi connectivity index (χ2n) is 3.31. The first-order valence-electron chi connectivity index (χ1n) is 4.74. The molecule has 0 unspecified atom stereocenters. The lowest BCUT2D eigenvalue weighted by molar-refractivity contribution is 0.416. The van der Waals surface area contributed by atoms with Gasteiger partial charge >= 0.3 is 0 Å². The van der Waals surface area contributed by atoms with Gasteiger partial charge in [0.1, 0.15) is 5.75 Å². The van der Waals surface area contributed by atoms with Gasteiger partial charge in [-0.2, -0.15) is 0 Å². The van der Waals surface area contributed by atoms with E-state index in [1.165, 1.54) is 7.11 Å². The number of aryl methyl sites for hydroxylation is 1. The van der Waals surface area contributed by atoms with E-state index in [0.717, 1.165) is 5.56 Å². The number of anilines is 1. The Morgan fingerprint density at radius 2 is 2.06 bits per heavy atom. The molecule has 0 spiro atoms. The van der Waals surface area contributed by atoms with Gasteiger partial charge in [-0.15, -0.1) is 0 Å². The molecule has 0 radical (unpaired) electrons. The second-order valence-corrected chi connectivity index (χ2v) is 5.73. The van der Waals surface area contributed by atoms with Crippen LogP contribution >= 0.6 is 11.6 Å². The summed E-state index contributed by atoms with van der Waals surface area (Å²) in [6.07, 6.45) is 0. The van der Waals surface area contributed by atoms with Crippen molar-refractivity contribution in [3.05, 3.63) is 22.7 Å². The first kappa shape index (κ1) is 13.1. The molecule has 0 bridgehead atoms. The second kappa shape index (κ2) is 4.93. The predicted octanol–water partition coefficient (Wildman–Crippen LogP) is 2.42. The van der Waals surface area contributed by atoms with Crippen LogP contribution in [0.25, 0.3) is 0 Å². The van der Waals surface area contributed by atoms with E-state index in [-0.39, 0.29) is 5.75 Å².